The highest BCUT2D eigenvalue weighted by Gasteiger charge is 2.32. The average molecular weight is 345 g/mol. The van der Waals surface area contributed by atoms with Gasteiger partial charge >= 0.3 is 0 Å². The highest BCUT2D eigenvalue weighted by Crippen LogP contribution is 2.22. The summed E-state index contributed by atoms with van der Waals surface area (Å²) in [6.45, 7) is 2.93. The SMILES string of the molecule is CCCCS(=O)(=O)N1CCCC(C(=O)NC2CCCCCC2)C1. The number of nitrogens with one attached hydrogen (secondary N) is 1. The van der Waals surface area contributed by atoms with Crippen LogP contribution in [0.25, 0.3) is 0 Å². The van der Waals surface area contributed by atoms with Crippen molar-refractivity contribution >= 4 is 15.9 Å². The zero-order valence-electron chi connectivity index (χ0n) is 14.4. The fourth-order valence-corrected chi connectivity index (χ4v) is 5.33. The Morgan fingerprint density at radius 3 is 2.43 bits per heavy atom. The van der Waals surface area contributed by atoms with Gasteiger partial charge in [0.15, 0.2) is 0 Å². The monoisotopic (exact) mass is 344 g/mol. The normalized spacial score (nSPS) is 25.0. The lowest BCUT2D eigenvalue weighted by Gasteiger charge is -2.32. The third-order valence-corrected chi connectivity index (χ3v) is 7.03. The van der Waals surface area contributed by atoms with E-state index in [0.717, 1.165) is 32.1 Å². The second kappa shape index (κ2) is 9.02. The lowest BCUT2D eigenvalue weighted by molar-refractivity contribution is -0.126. The summed E-state index contributed by atoms with van der Waals surface area (Å²) in [7, 11) is -3.20. The zero-order chi connectivity index (χ0) is 16.7. The minimum Gasteiger partial charge on any atom is -0.353 e. The molecule has 0 aromatic carbocycles. The summed E-state index contributed by atoms with van der Waals surface area (Å²) < 4.78 is 26.2. The Labute approximate surface area is 141 Å². The third-order valence-electron chi connectivity index (χ3n) is 5.11. The molecule has 6 heteroatoms. The Bertz CT molecular complexity index is 470. The molecule has 2 fully saturated rings. The van der Waals surface area contributed by atoms with Gasteiger partial charge in [-0.1, -0.05) is 39.0 Å². The second-order valence-corrected chi connectivity index (χ2v) is 9.15. The summed E-state index contributed by atoms with van der Waals surface area (Å²) in [4.78, 5) is 12.5. The zero-order valence-corrected chi connectivity index (χ0v) is 15.2. The molecule has 1 saturated carbocycles. The van der Waals surface area contributed by atoms with Crippen LogP contribution in [-0.2, 0) is 14.8 Å². The number of piperidine rings is 1. The van der Waals surface area contributed by atoms with Gasteiger partial charge in [0.05, 0.1) is 11.7 Å². The van der Waals surface area contributed by atoms with Gasteiger partial charge in [0.25, 0.3) is 0 Å². The van der Waals surface area contributed by atoms with Gasteiger partial charge in [-0.05, 0) is 32.1 Å². The first kappa shape index (κ1) is 18.7. The minimum atomic E-state index is -3.20. The van der Waals surface area contributed by atoms with E-state index in [-0.39, 0.29) is 23.6 Å². The summed E-state index contributed by atoms with van der Waals surface area (Å²) in [5.74, 6) is 0.0937. The van der Waals surface area contributed by atoms with Crippen LogP contribution >= 0.6 is 0 Å². The van der Waals surface area contributed by atoms with Crippen LogP contribution < -0.4 is 5.32 Å². The van der Waals surface area contributed by atoms with Crippen molar-refractivity contribution in [1.29, 1.82) is 0 Å². The molecule has 1 amide bonds. The number of unbranched alkanes of at least 4 members (excludes halogenated alkanes) is 1. The molecular weight excluding hydrogens is 312 g/mol. The summed E-state index contributed by atoms with van der Waals surface area (Å²) in [6.07, 6.45) is 10.2. The third kappa shape index (κ3) is 5.75. The van der Waals surface area contributed by atoms with Crippen LogP contribution in [-0.4, -0.2) is 43.5 Å². The Morgan fingerprint density at radius 1 is 1.09 bits per heavy atom. The molecule has 134 valence electrons. The molecule has 1 atom stereocenters. The van der Waals surface area contributed by atoms with Gasteiger partial charge in [-0.25, -0.2) is 12.7 Å². The van der Waals surface area contributed by atoms with Crippen molar-refractivity contribution in [3.05, 3.63) is 0 Å². The van der Waals surface area contributed by atoms with Crippen molar-refractivity contribution in [1.82, 2.24) is 9.62 Å². The van der Waals surface area contributed by atoms with E-state index in [1.54, 1.807) is 4.31 Å². The average Bonchev–Trinajstić information content (AvgIpc) is 2.82. The van der Waals surface area contributed by atoms with E-state index >= 15 is 0 Å². The lowest BCUT2D eigenvalue weighted by atomic mass is 9.97. The van der Waals surface area contributed by atoms with Crippen molar-refractivity contribution in [2.75, 3.05) is 18.8 Å². The molecule has 1 saturated heterocycles. The van der Waals surface area contributed by atoms with Crippen molar-refractivity contribution in [3.63, 3.8) is 0 Å². The summed E-state index contributed by atoms with van der Waals surface area (Å²) in [5, 5.41) is 3.18. The predicted molar refractivity (Wildman–Crippen MR) is 92.6 cm³/mol. The van der Waals surface area contributed by atoms with Gasteiger partial charge in [-0.15, -0.1) is 0 Å². The molecule has 1 aliphatic carbocycles. The predicted octanol–water partition coefficient (Wildman–Crippen LogP) is 2.67. The van der Waals surface area contributed by atoms with Crippen molar-refractivity contribution in [2.45, 2.75) is 77.2 Å². The molecule has 23 heavy (non-hydrogen) atoms. The molecule has 0 spiro atoms. The highest BCUT2D eigenvalue weighted by atomic mass is 32.2. The summed E-state index contributed by atoms with van der Waals surface area (Å²) >= 11 is 0. The Morgan fingerprint density at radius 2 is 1.78 bits per heavy atom. The maximum absolute atomic E-state index is 12.5. The number of rotatable bonds is 6. The van der Waals surface area contributed by atoms with Gasteiger partial charge in [0.2, 0.25) is 15.9 Å². The van der Waals surface area contributed by atoms with Crippen LogP contribution in [0.4, 0.5) is 0 Å². The maximum Gasteiger partial charge on any atom is 0.224 e. The van der Waals surface area contributed by atoms with Crippen LogP contribution in [0.15, 0.2) is 0 Å². The molecule has 1 aliphatic heterocycles. The van der Waals surface area contributed by atoms with Crippen LogP contribution in [0.3, 0.4) is 0 Å². The van der Waals surface area contributed by atoms with E-state index in [4.69, 9.17) is 0 Å². The van der Waals surface area contributed by atoms with E-state index in [1.807, 2.05) is 6.92 Å². The van der Waals surface area contributed by atoms with Gasteiger partial charge in [-0.2, -0.15) is 0 Å². The van der Waals surface area contributed by atoms with E-state index in [0.29, 0.717) is 19.5 Å². The quantitative estimate of drug-likeness (QED) is 0.753. The fourth-order valence-electron chi connectivity index (χ4n) is 3.61. The second-order valence-electron chi connectivity index (χ2n) is 7.06. The van der Waals surface area contributed by atoms with Crippen LogP contribution in [0.1, 0.15) is 71.1 Å². The Kier molecular flexibility index (Phi) is 7.34. The van der Waals surface area contributed by atoms with Crippen LogP contribution in [0.5, 0.6) is 0 Å². The molecule has 0 radical (unpaired) electrons. The van der Waals surface area contributed by atoms with Gasteiger partial charge in [0, 0.05) is 19.1 Å². The van der Waals surface area contributed by atoms with E-state index in [2.05, 4.69) is 5.32 Å². The lowest BCUT2D eigenvalue weighted by Crippen LogP contribution is -2.48. The fraction of sp³-hybridized carbons (Fsp3) is 0.941. The van der Waals surface area contributed by atoms with Crippen molar-refractivity contribution in [3.8, 4) is 0 Å². The molecule has 5 nitrogen and oxygen atoms in total. The first-order valence-electron chi connectivity index (χ1n) is 9.31. The number of nitrogens with zero attached hydrogens (tertiary/aromatic N) is 1. The number of carbonyl (C=O) groups is 1. The number of amides is 1. The molecule has 2 rings (SSSR count). The molecule has 1 heterocycles. The summed E-state index contributed by atoms with van der Waals surface area (Å²) in [5.41, 5.74) is 0. The van der Waals surface area contributed by atoms with Gasteiger partial charge < -0.3 is 5.32 Å². The first-order chi connectivity index (χ1) is 11.0. The smallest absolute Gasteiger partial charge is 0.224 e. The van der Waals surface area contributed by atoms with Crippen molar-refractivity contribution < 1.29 is 13.2 Å². The molecule has 1 N–H and O–H groups in total. The molecule has 0 aromatic heterocycles. The number of sulfonamides is 1. The minimum absolute atomic E-state index is 0.0623. The molecular formula is C17H32N2O3S. The van der Waals surface area contributed by atoms with Gasteiger partial charge in [-0.3, -0.25) is 4.79 Å². The summed E-state index contributed by atoms with van der Waals surface area (Å²) in [6, 6.07) is 0.289. The molecule has 0 aromatic rings. The number of hydrogen-bond donors (Lipinski definition) is 1. The van der Waals surface area contributed by atoms with Crippen LogP contribution in [0.2, 0.25) is 0 Å². The van der Waals surface area contributed by atoms with E-state index in [9.17, 15) is 13.2 Å². The standard InChI is InChI=1S/C17H32N2O3S/c1-2-3-13-23(21,22)19-12-8-9-15(14-19)17(20)18-16-10-6-4-5-7-11-16/h15-16H,2-14H2,1H3,(H,18,20). The maximum atomic E-state index is 12.5. The number of hydrogen-bond acceptors (Lipinski definition) is 3. The van der Waals surface area contributed by atoms with Crippen molar-refractivity contribution in [2.24, 2.45) is 5.92 Å². The molecule has 0 bridgehead atoms. The topological polar surface area (TPSA) is 66.5 Å². The highest BCUT2D eigenvalue weighted by molar-refractivity contribution is 7.89. The van der Waals surface area contributed by atoms with E-state index in [1.165, 1.54) is 25.7 Å². The first-order valence-corrected chi connectivity index (χ1v) is 10.9. The largest absolute Gasteiger partial charge is 0.353 e. The van der Waals surface area contributed by atoms with Gasteiger partial charge in [0.1, 0.15) is 0 Å². The Hall–Kier alpha value is -0.620. The molecule has 1 unspecified atom stereocenters. The van der Waals surface area contributed by atoms with E-state index < -0.39 is 10.0 Å². The Balaban J connectivity index is 1.88. The van der Waals surface area contributed by atoms with Crippen LogP contribution in [0, 0.1) is 5.92 Å². The molecule has 2 aliphatic rings. The number of carbonyl (C=O) groups excluding carboxylic acids is 1.